The maximum absolute atomic E-state index is 4.47. The van der Waals surface area contributed by atoms with Crippen molar-refractivity contribution < 1.29 is 0 Å². The number of halogens is 1. The molecule has 0 amide bonds. The summed E-state index contributed by atoms with van der Waals surface area (Å²) >= 11 is 3.54. The van der Waals surface area contributed by atoms with Crippen molar-refractivity contribution in [3.63, 3.8) is 0 Å². The summed E-state index contributed by atoms with van der Waals surface area (Å²) in [5.74, 6) is 0. The first-order valence-electron chi connectivity index (χ1n) is 7.08. The molecule has 0 bridgehead atoms. The minimum absolute atomic E-state index is 0.318. The van der Waals surface area contributed by atoms with Gasteiger partial charge in [-0.1, -0.05) is 35.0 Å². The first-order valence-corrected chi connectivity index (χ1v) is 7.87. The van der Waals surface area contributed by atoms with E-state index in [4.69, 9.17) is 0 Å². The van der Waals surface area contributed by atoms with Crippen molar-refractivity contribution in [2.75, 3.05) is 6.54 Å². The fourth-order valence-electron chi connectivity index (χ4n) is 2.47. The van der Waals surface area contributed by atoms with Gasteiger partial charge in [0.05, 0.1) is 5.69 Å². The molecular weight excluding hydrogens is 314 g/mol. The minimum Gasteiger partial charge on any atom is -0.310 e. The molecule has 0 fully saturated rings. The van der Waals surface area contributed by atoms with Crippen molar-refractivity contribution >= 4 is 15.9 Å². The van der Waals surface area contributed by atoms with Crippen LogP contribution in [0, 0.1) is 6.92 Å². The van der Waals surface area contributed by atoms with E-state index in [1.807, 2.05) is 11.7 Å². The molecule has 1 heterocycles. The maximum atomic E-state index is 4.47. The predicted molar refractivity (Wildman–Crippen MR) is 86.8 cm³/mol. The lowest BCUT2D eigenvalue weighted by Gasteiger charge is -2.18. The van der Waals surface area contributed by atoms with Crippen molar-refractivity contribution in [1.29, 1.82) is 0 Å². The number of rotatable bonds is 6. The standard InChI is InChI=1S/C16H22BrN3/c1-4-8-18-16(15-11-20(3)19-12(15)2)10-13-6-5-7-14(17)9-13/h5-7,9,11,16,18H,4,8,10H2,1-3H3. The van der Waals surface area contributed by atoms with E-state index in [0.29, 0.717) is 6.04 Å². The molecule has 0 radical (unpaired) electrons. The number of nitrogens with zero attached hydrogens (tertiary/aromatic N) is 2. The van der Waals surface area contributed by atoms with Gasteiger partial charge in [0.15, 0.2) is 0 Å². The van der Waals surface area contributed by atoms with Crippen LogP contribution in [0.25, 0.3) is 0 Å². The van der Waals surface area contributed by atoms with Crippen LogP contribution >= 0.6 is 15.9 Å². The van der Waals surface area contributed by atoms with Crippen LogP contribution in [0.15, 0.2) is 34.9 Å². The summed E-state index contributed by atoms with van der Waals surface area (Å²) in [5.41, 5.74) is 3.73. The van der Waals surface area contributed by atoms with E-state index < -0.39 is 0 Å². The van der Waals surface area contributed by atoms with E-state index in [1.165, 1.54) is 11.1 Å². The summed E-state index contributed by atoms with van der Waals surface area (Å²) in [6.07, 6.45) is 4.24. The number of aryl methyl sites for hydroxylation is 2. The van der Waals surface area contributed by atoms with Crippen LogP contribution in [-0.4, -0.2) is 16.3 Å². The fraction of sp³-hybridized carbons (Fsp3) is 0.438. The highest BCUT2D eigenvalue weighted by atomic mass is 79.9. The van der Waals surface area contributed by atoms with Crippen LogP contribution in [-0.2, 0) is 13.5 Å². The smallest absolute Gasteiger partial charge is 0.0641 e. The van der Waals surface area contributed by atoms with Crippen molar-refractivity contribution in [1.82, 2.24) is 15.1 Å². The van der Waals surface area contributed by atoms with Gasteiger partial charge < -0.3 is 5.32 Å². The normalized spacial score (nSPS) is 12.6. The molecule has 0 aliphatic carbocycles. The Labute approximate surface area is 129 Å². The molecule has 1 unspecified atom stereocenters. The Kier molecular flexibility index (Phi) is 5.38. The molecular formula is C16H22BrN3. The Hall–Kier alpha value is -1.13. The predicted octanol–water partition coefficient (Wildman–Crippen LogP) is 3.77. The van der Waals surface area contributed by atoms with Crippen LogP contribution in [0.2, 0.25) is 0 Å². The molecule has 4 heteroatoms. The summed E-state index contributed by atoms with van der Waals surface area (Å²) in [6.45, 7) is 5.29. The van der Waals surface area contributed by atoms with E-state index in [9.17, 15) is 0 Å². The summed E-state index contributed by atoms with van der Waals surface area (Å²) < 4.78 is 3.03. The average molecular weight is 336 g/mol. The number of benzene rings is 1. The molecule has 0 saturated heterocycles. The van der Waals surface area contributed by atoms with Gasteiger partial charge in [-0.2, -0.15) is 5.10 Å². The van der Waals surface area contributed by atoms with Gasteiger partial charge >= 0.3 is 0 Å². The lowest BCUT2D eigenvalue weighted by Crippen LogP contribution is -2.24. The zero-order chi connectivity index (χ0) is 14.5. The molecule has 1 atom stereocenters. The quantitative estimate of drug-likeness (QED) is 0.870. The minimum atomic E-state index is 0.318. The van der Waals surface area contributed by atoms with Crippen LogP contribution in [0.1, 0.15) is 36.2 Å². The molecule has 0 spiro atoms. The van der Waals surface area contributed by atoms with Gasteiger partial charge in [0.2, 0.25) is 0 Å². The van der Waals surface area contributed by atoms with Gasteiger partial charge in [-0.3, -0.25) is 4.68 Å². The largest absolute Gasteiger partial charge is 0.310 e. The first kappa shape index (κ1) is 15.3. The van der Waals surface area contributed by atoms with E-state index in [2.05, 4.69) is 70.7 Å². The molecule has 2 aromatic rings. The Morgan fingerprint density at radius 3 is 2.80 bits per heavy atom. The molecule has 20 heavy (non-hydrogen) atoms. The van der Waals surface area contributed by atoms with Crippen LogP contribution in [0.3, 0.4) is 0 Å². The van der Waals surface area contributed by atoms with E-state index in [-0.39, 0.29) is 0 Å². The lowest BCUT2D eigenvalue weighted by atomic mass is 9.99. The Balaban J connectivity index is 2.21. The van der Waals surface area contributed by atoms with Crippen molar-refractivity contribution in [2.24, 2.45) is 7.05 Å². The summed E-state index contributed by atoms with van der Waals surface area (Å²) in [6, 6.07) is 8.83. The molecule has 2 rings (SSSR count). The summed E-state index contributed by atoms with van der Waals surface area (Å²) in [5, 5.41) is 8.11. The van der Waals surface area contributed by atoms with E-state index >= 15 is 0 Å². The second kappa shape index (κ2) is 7.04. The van der Waals surface area contributed by atoms with Gasteiger partial charge in [-0.25, -0.2) is 0 Å². The van der Waals surface area contributed by atoms with Crippen molar-refractivity contribution in [3.8, 4) is 0 Å². The van der Waals surface area contributed by atoms with Crippen molar-refractivity contribution in [3.05, 3.63) is 51.8 Å². The average Bonchev–Trinajstić information content (AvgIpc) is 2.73. The third-order valence-electron chi connectivity index (χ3n) is 3.40. The molecule has 3 nitrogen and oxygen atoms in total. The molecule has 1 aromatic carbocycles. The Morgan fingerprint density at radius 1 is 1.40 bits per heavy atom. The zero-order valence-corrected chi connectivity index (χ0v) is 13.9. The lowest BCUT2D eigenvalue weighted by molar-refractivity contribution is 0.527. The van der Waals surface area contributed by atoms with E-state index in [1.54, 1.807) is 0 Å². The Morgan fingerprint density at radius 2 is 2.20 bits per heavy atom. The van der Waals surface area contributed by atoms with Crippen LogP contribution in [0.5, 0.6) is 0 Å². The SMILES string of the molecule is CCCNC(Cc1cccc(Br)c1)c1cn(C)nc1C. The van der Waals surface area contributed by atoms with Gasteiger partial charge in [0, 0.05) is 29.3 Å². The highest BCUT2D eigenvalue weighted by Crippen LogP contribution is 2.22. The molecule has 108 valence electrons. The van der Waals surface area contributed by atoms with Gasteiger partial charge in [-0.15, -0.1) is 0 Å². The highest BCUT2D eigenvalue weighted by Gasteiger charge is 2.16. The Bertz CT molecular complexity index is 563. The van der Waals surface area contributed by atoms with Crippen molar-refractivity contribution in [2.45, 2.75) is 32.7 Å². The second-order valence-electron chi connectivity index (χ2n) is 5.18. The number of hydrogen-bond donors (Lipinski definition) is 1. The van der Waals surface area contributed by atoms with Crippen LogP contribution < -0.4 is 5.32 Å². The van der Waals surface area contributed by atoms with Gasteiger partial charge in [0.25, 0.3) is 0 Å². The summed E-state index contributed by atoms with van der Waals surface area (Å²) in [7, 11) is 1.98. The molecule has 1 N–H and O–H groups in total. The topological polar surface area (TPSA) is 29.9 Å². The third kappa shape index (κ3) is 3.93. The molecule has 0 aliphatic heterocycles. The van der Waals surface area contributed by atoms with Crippen LogP contribution in [0.4, 0.5) is 0 Å². The number of nitrogens with one attached hydrogen (secondary N) is 1. The summed E-state index contributed by atoms with van der Waals surface area (Å²) in [4.78, 5) is 0. The number of aromatic nitrogens is 2. The monoisotopic (exact) mass is 335 g/mol. The molecule has 0 saturated carbocycles. The maximum Gasteiger partial charge on any atom is 0.0641 e. The van der Waals surface area contributed by atoms with Gasteiger partial charge in [0.1, 0.15) is 0 Å². The fourth-order valence-corrected chi connectivity index (χ4v) is 2.92. The number of hydrogen-bond acceptors (Lipinski definition) is 2. The molecule has 0 aliphatic rings. The second-order valence-corrected chi connectivity index (χ2v) is 6.10. The third-order valence-corrected chi connectivity index (χ3v) is 3.89. The first-order chi connectivity index (χ1) is 9.60. The highest BCUT2D eigenvalue weighted by molar-refractivity contribution is 9.10. The van der Waals surface area contributed by atoms with E-state index in [0.717, 1.165) is 29.6 Å². The zero-order valence-electron chi connectivity index (χ0n) is 12.4. The van der Waals surface area contributed by atoms with Gasteiger partial charge in [-0.05, 0) is 44.0 Å². The molecule has 1 aromatic heterocycles.